The van der Waals surface area contributed by atoms with Gasteiger partial charge in [0.15, 0.2) is 5.69 Å². The van der Waals surface area contributed by atoms with Crippen LogP contribution in [0.15, 0.2) is 10.9 Å². The minimum atomic E-state index is -0.203. The number of carbonyl (C=O) groups is 1. The molecule has 0 radical (unpaired) electrons. The maximum absolute atomic E-state index is 12.1. The topological polar surface area (TPSA) is 116 Å². The van der Waals surface area contributed by atoms with E-state index in [4.69, 9.17) is 0 Å². The summed E-state index contributed by atoms with van der Waals surface area (Å²) in [5, 5.41) is 12.8. The van der Waals surface area contributed by atoms with Gasteiger partial charge in [-0.3, -0.25) is 19.7 Å². The Morgan fingerprint density at radius 1 is 1.36 bits per heavy atom. The molecule has 2 aromatic heterocycles. The van der Waals surface area contributed by atoms with E-state index in [0.29, 0.717) is 30.4 Å². The lowest BCUT2D eigenvalue weighted by Gasteiger charge is -2.07. The van der Waals surface area contributed by atoms with Crippen molar-refractivity contribution in [2.45, 2.75) is 26.2 Å². The van der Waals surface area contributed by atoms with Crippen molar-refractivity contribution >= 4 is 11.9 Å². The summed E-state index contributed by atoms with van der Waals surface area (Å²) in [6, 6.07) is 1.42. The van der Waals surface area contributed by atoms with Gasteiger partial charge in [-0.1, -0.05) is 0 Å². The van der Waals surface area contributed by atoms with Crippen LogP contribution in [0.1, 0.15) is 33.9 Å². The van der Waals surface area contributed by atoms with E-state index in [1.165, 1.54) is 6.07 Å². The molecule has 0 unspecified atom stereocenters. The first-order valence-electron chi connectivity index (χ1n) is 7.29. The number of carbonyl (C=O) groups excluding carboxylic acids is 1. The lowest BCUT2D eigenvalue weighted by Crippen LogP contribution is -2.30. The van der Waals surface area contributed by atoms with Crippen LogP contribution in [0.25, 0.3) is 0 Å². The zero-order valence-electron chi connectivity index (χ0n) is 12.3. The Balaban J connectivity index is 1.50. The first-order chi connectivity index (χ1) is 10.6. The molecule has 0 bridgehead atoms. The normalized spacial score (nSPS) is 13.0. The highest BCUT2D eigenvalue weighted by Gasteiger charge is 2.22. The molecule has 0 aliphatic heterocycles. The smallest absolute Gasteiger partial charge is 0.272 e. The number of aromatic nitrogens is 4. The zero-order valence-corrected chi connectivity index (χ0v) is 12.3. The molecule has 116 valence electrons. The number of aromatic amines is 2. The second kappa shape index (κ2) is 6.00. The van der Waals surface area contributed by atoms with Gasteiger partial charge in [0.25, 0.3) is 11.5 Å². The third-order valence-electron chi connectivity index (χ3n) is 3.59. The highest BCUT2D eigenvalue weighted by Crippen LogP contribution is 2.22. The van der Waals surface area contributed by atoms with Gasteiger partial charge in [0.1, 0.15) is 0 Å². The first kappa shape index (κ1) is 14.3. The molecule has 0 saturated carbocycles. The molecule has 2 aromatic rings. The van der Waals surface area contributed by atoms with E-state index in [1.54, 1.807) is 6.92 Å². The maximum atomic E-state index is 12.1. The quantitative estimate of drug-likeness (QED) is 0.586. The number of nitrogens with zero attached hydrogens (tertiary/aromatic N) is 2. The Morgan fingerprint density at radius 3 is 3.05 bits per heavy atom. The molecule has 0 aromatic carbocycles. The summed E-state index contributed by atoms with van der Waals surface area (Å²) in [4.78, 5) is 30.1. The van der Waals surface area contributed by atoms with Gasteiger partial charge in [-0.2, -0.15) is 5.10 Å². The van der Waals surface area contributed by atoms with Crippen molar-refractivity contribution in [3.63, 3.8) is 0 Å². The molecule has 1 amide bonds. The fourth-order valence-electron chi connectivity index (χ4n) is 2.61. The predicted molar refractivity (Wildman–Crippen MR) is 81.0 cm³/mol. The van der Waals surface area contributed by atoms with Gasteiger partial charge in [0.05, 0.1) is 0 Å². The summed E-state index contributed by atoms with van der Waals surface area (Å²) < 4.78 is 0. The summed E-state index contributed by atoms with van der Waals surface area (Å²) in [6.45, 7) is 2.63. The highest BCUT2D eigenvalue weighted by molar-refractivity contribution is 5.94. The number of fused-ring (bicyclic) bond motifs is 1. The first-order valence-corrected chi connectivity index (χ1v) is 7.29. The largest absolute Gasteiger partial charge is 0.354 e. The lowest BCUT2D eigenvalue weighted by molar-refractivity contribution is 0.0949. The van der Waals surface area contributed by atoms with E-state index in [1.807, 2.05) is 0 Å². The Hall–Kier alpha value is -2.64. The zero-order chi connectivity index (χ0) is 15.5. The molecule has 1 aliphatic carbocycles. The molecule has 22 heavy (non-hydrogen) atoms. The van der Waals surface area contributed by atoms with E-state index < -0.39 is 0 Å². The van der Waals surface area contributed by atoms with Crippen LogP contribution in [0, 0.1) is 6.92 Å². The van der Waals surface area contributed by atoms with E-state index in [9.17, 15) is 9.59 Å². The van der Waals surface area contributed by atoms with Crippen LogP contribution < -0.4 is 16.2 Å². The van der Waals surface area contributed by atoms with Crippen LogP contribution in [0.2, 0.25) is 0 Å². The van der Waals surface area contributed by atoms with Crippen molar-refractivity contribution in [2.24, 2.45) is 0 Å². The number of anilines is 1. The average Bonchev–Trinajstić information content (AvgIpc) is 3.04. The number of rotatable bonds is 5. The van der Waals surface area contributed by atoms with Crippen LogP contribution in [0.3, 0.4) is 0 Å². The minimum absolute atomic E-state index is 0.174. The fraction of sp³-hybridized carbons (Fsp3) is 0.429. The summed E-state index contributed by atoms with van der Waals surface area (Å²) in [7, 11) is 0. The van der Waals surface area contributed by atoms with Crippen molar-refractivity contribution in [3.8, 4) is 0 Å². The van der Waals surface area contributed by atoms with Gasteiger partial charge in [0.2, 0.25) is 5.95 Å². The number of nitrogens with one attached hydrogen (secondary N) is 4. The molecule has 0 atom stereocenters. The number of H-pyrrole nitrogens is 2. The van der Waals surface area contributed by atoms with Gasteiger partial charge in [-0.05, 0) is 26.2 Å². The third-order valence-corrected chi connectivity index (χ3v) is 3.59. The number of aryl methyl sites for hydroxylation is 2. The van der Waals surface area contributed by atoms with Crippen LogP contribution in [-0.2, 0) is 12.8 Å². The Morgan fingerprint density at radius 2 is 2.23 bits per heavy atom. The average molecular weight is 302 g/mol. The van der Waals surface area contributed by atoms with Crippen LogP contribution >= 0.6 is 0 Å². The van der Waals surface area contributed by atoms with Crippen molar-refractivity contribution in [2.75, 3.05) is 18.4 Å². The number of hydrogen-bond acceptors (Lipinski definition) is 5. The molecular weight excluding hydrogens is 284 g/mol. The van der Waals surface area contributed by atoms with E-state index >= 15 is 0 Å². The van der Waals surface area contributed by atoms with Crippen molar-refractivity contribution in [1.82, 2.24) is 25.5 Å². The molecule has 3 rings (SSSR count). The molecule has 8 heteroatoms. The molecular formula is C14H18N6O2. The summed E-state index contributed by atoms with van der Waals surface area (Å²) in [5.41, 5.74) is 3.04. The van der Waals surface area contributed by atoms with Crippen molar-refractivity contribution in [1.29, 1.82) is 0 Å². The second-order valence-electron chi connectivity index (χ2n) is 5.30. The van der Waals surface area contributed by atoms with Crippen LogP contribution in [0.4, 0.5) is 5.95 Å². The Labute approximate surface area is 126 Å². The molecule has 0 saturated heterocycles. The molecule has 8 nitrogen and oxygen atoms in total. The predicted octanol–water partition coefficient (Wildman–Crippen LogP) is 0.132. The Kier molecular flexibility index (Phi) is 3.90. The molecule has 1 aliphatic rings. The van der Waals surface area contributed by atoms with Gasteiger partial charge in [-0.25, -0.2) is 4.98 Å². The van der Waals surface area contributed by atoms with E-state index in [-0.39, 0.29) is 11.5 Å². The summed E-state index contributed by atoms with van der Waals surface area (Å²) in [5.74, 6) is 0.229. The molecule has 0 spiro atoms. The fourth-order valence-corrected chi connectivity index (χ4v) is 2.61. The number of amides is 1. The minimum Gasteiger partial charge on any atom is -0.354 e. The van der Waals surface area contributed by atoms with Crippen molar-refractivity contribution in [3.05, 3.63) is 39.1 Å². The third kappa shape index (κ3) is 3.00. The monoisotopic (exact) mass is 302 g/mol. The second-order valence-corrected chi connectivity index (χ2v) is 5.30. The Bertz CT molecular complexity index is 748. The van der Waals surface area contributed by atoms with Gasteiger partial charge in [0, 0.05) is 36.1 Å². The van der Waals surface area contributed by atoms with Crippen LogP contribution in [0.5, 0.6) is 0 Å². The van der Waals surface area contributed by atoms with E-state index in [2.05, 4.69) is 30.8 Å². The molecule has 0 fully saturated rings. The van der Waals surface area contributed by atoms with Crippen molar-refractivity contribution < 1.29 is 4.79 Å². The van der Waals surface area contributed by atoms with E-state index in [0.717, 1.165) is 30.5 Å². The van der Waals surface area contributed by atoms with Gasteiger partial charge in [-0.15, -0.1) is 0 Å². The van der Waals surface area contributed by atoms with Crippen LogP contribution in [-0.4, -0.2) is 39.2 Å². The number of hydrogen-bond donors (Lipinski definition) is 4. The standard InChI is InChI=1S/C14H18N6O2/c1-8-7-11(21)18-14(17-8)16-6-5-15-13(22)12-9-3-2-4-10(9)19-20-12/h7H,2-6H2,1H3,(H,15,22)(H,19,20)(H2,16,17,18,21). The highest BCUT2D eigenvalue weighted by atomic mass is 16.2. The molecule has 2 heterocycles. The SMILES string of the molecule is Cc1cc(=O)[nH]c(NCCNC(=O)c2n[nH]c3c2CCC3)n1. The maximum Gasteiger partial charge on any atom is 0.272 e. The van der Waals surface area contributed by atoms with Gasteiger partial charge < -0.3 is 10.6 Å². The summed E-state index contributed by atoms with van der Waals surface area (Å²) in [6.07, 6.45) is 2.93. The summed E-state index contributed by atoms with van der Waals surface area (Å²) >= 11 is 0. The lowest BCUT2D eigenvalue weighted by atomic mass is 10.2. The molecule has 4 N–H and O–H groups in total. The van der Waals surface area contributed by atoms with Gasteiger partial charge >= 0.3 is 0 Å².